The van der Waals surface area contributed by atoms with Crippen molar-refractivity contribution in [3.05, 3.63) is 0 Å². The third kappa shape index (κ3) is 4.18. The lowest BCUT2D eigenvalue weighted by atomic mass is 10.5. The molecule has 0 unspecified atom stereocenters. The minimum atomic E-state index is -0.544. The quantitative estimate of drug-likeness (QED) is 0.398. The molecule has 0 aliphatic heterocycles. The second-order valence-corrected chi connectivity index (χ2v) is 4.56. The van der Waals surface area contributed by atoms with E-state index < -0.39 is 5.97 Å². The highest BCUT2D eigenvalue weighted by molar-refractivity contribution is 5.75. The van der Waals surface area contributed by atoms with Crippen molar-refractivity contribution in [2.24, 2.45) is 0 Å². The van der Waals surface area contributed by atoms with Gasteiger partial charge in [0, 0.05) is 27.2 Å². The monoisotopic (exact) mass is 307 g/mol. The lowest BCUT2D eigenvalue weighted by Gasteiger charge is -2.22. The number of hydrogen-bond acceptors (Lipinski definition) is 9. The van der Waals surface area contributed by atoms with Crippen molar-refractivity contribution in [3.8, 4) is 6.19 Å². The number of aromatic nitrogens is 3. The van der Waals surface area contributed by atoms with E-state index in [4.69, 9.17) is 0 Å². The average Bonchev–Trinajstić information content (AvgIpc) is 2.53. The zero-order valence-corrected chi connectivity index (χ0v) is 13.6. The fourth-order valence-electron chi connectivity index (χ4n) is 1.66. The molecule has 9 nitrogen and oxygen atoms in total. The summed E-state index contributed by atoms with van der Waals surface area (Å²) < 4.78 is 4.58. The van der Waals surface area contributed by atoms with Crippen molar-refractivity contribution in [2.75, 3.05) is 55.5 Å². The predicted molar refractivity (Wildman–Crippen MR) is 82.7 cm³/mol. The molecular formula is C13H21N7O2. The van der Waals surface area contributed by atoms with Crippen LogP contribution in [0.5, 0.6) is 0 Å². The molecular weight excluding hydrogens is 286 g/mol. The summed E-state index contributed by atoms with van der Waals surface area (Å²) in [6.45, 7) is 5.16. The molecule has 22 heavy (non-hydrogen) atoms. The molecule has 0 amide bonds. The number of carbonyl (C=O) groups is 1. The SMILES string of the molecule is CCN(CC)c1nc(N(C)C)nc(N(C#N)CC(=O)OC)n1. The standard InChI is InChI=1S/C13H21N7O2/c1-6-19(7-2)12-15-11(18(3)4)16-13(17-12)20(9-14)8-10(21)22-5/h6-8H2,1-5H3. The van der Waals surface area contributed by atoms with E-state index in [0.717, 1.165) is 18.0 Å². The van der Waals surface area contributed by atoms with Gasteiger partial charge in [-0.05, 0) is 13.8 Å². The molecule has 0 bridgehead atoms. The van der Waals surface area contributed by atoms with E-state index in [1.165, 1.54) is 7.11 Å². The largest absolute Gasteiger partial charge is 0.468 e. The van der Waals surface area contributed by atoms with E-state index in [2.05, 4.69) is 19.7 Å². The summed E-state index contributed by atoms with van der Waals surface area (Å²) in [5.74, 6) is 0.451. The maximum atomic E-state index is 11.4. The zero-order chi connectivity index (χ0) is 16.7. The number of ether oxygens (including phenoxy) is 1. The molecule has 0 N–H and O–H groups in total. The first-order chi connectivity index (χ1) is 10.5. The van der Waals surface area contributed by atoms with Crippen molar-refractivity contribution in [1.82, 2.24) is 15.0 Å². The minimum Gasteiger partial charge on any atom is -0.468 e. The third-order valence-electron chi connectivity index (χ3n) is 2.92. The van der Waals surface area contributed by atoms with E-state index in [1.807, 2.05) is 24.9 Å². The molecule has 0 aliphatic rings. The zero-order valence-electron chi connectivity index (χ0n) is 13.6. The van der Waals surface area contributed by atoms with E-state index in [9.17, 15) is 10.1 Å². The van der Waals surface area contributed by atoms with Crippen molar-refractivity contribution in [1.29, 1.82) is 5.26 Å². The Morgan fingerprint density at radius 3 is 2.14 bits per heavy atom. The molecule has 1 aromatic rings. The summed E-state index contributed by atoms with van der Waals surface area (Å²) in [6.07, 6.45) is 1.89. The van der Waals surface area contributed by atoms with Crippen molar-refractivity contribution < 1.29 is 9.53 Å². The highest BCUT2D eigenvalue weighted by Crippen LogP contribution is 2.17. The second-order valence-electron chi connectivity index (χ2n) is 4.56. The topological polar surface area (TPSA) is 98.5 Å². The van der Waals surface area contributed by atoms with Gasteiger partial charge in [-0.1, -0.05) is 0 Å². The van der Waals surface area contributed by atoms with Crippen molar-refractivity contribution >= 4 is 23.8 Å². The number of nitriles is 1. The van der Waals surface area contributed by atoms with Crippen LogP contribution in [-0.2, 0) is 9.53 Å². The Balaban J connectivity index is 3.27. The van der Waals surface area contributed by atoms with Crippen LogP contribution in [0.1, 0.15) is 13.8 Å². The molecule has 0 atom stereocenters. The van der Waals surface area contributed by atoms with Gasteiger partial charge in [-0.2, -0.15) is 20.2 Å². The van der Waals surface area contributed by atoms with Crippen LogP contribution in [0.2, 0.25) is 0 Å². The summed E-state index contributed by atoms with van der Waals surface area (Å²) in [6, 6.07) is 0. The number of hydrogen-bond donors (Lipinski definition) is 0. The molecule has 0 saturated heterocycles. The van der Waals surface area contributed by atoms with Crippen LogP contribution in [0, 0.1) is 11.5 Å². The Kier molecular flexibility index (Phi) is 6.31. The fraction of sp³-hybridized carbons (Fsp3) is 0.615. The number of anilines is 3. The Hall–Kier alpha value is -2.63. The Morgan fingerprint density at radius 2 is 1.68 bits per heavy atom. The van der Waals surface area contributed by atoms with Gasteiger partial charge in [0.25, 0.3) is 0 Å². The summed E-state index contributed by atoms with van der Waals surface area (Å²) in [4.78, 5) is 29.0. The molecule has 120 valence electrons. The van der Waals surface area contributed by atoms with Crippen molar-refractivity contribution in [3.63, 3.8) is 0 Å². The molecule has 9 heteroatoms. The van der Waals surface area contributed by atoms with E-state index >= 15 is 0 Å². The van der Waals surface area contributed by atoms with Gasteiger partial charge in [-0.3, -0.25) is 4.79 Å². The normalized spacial score (nSPS) is 9.82. The second kappa shape index (κ2) is 7.97. The summed E-state index contributed by atoms with van der Waals surface area (Å²) in [5, 5.41) is 9.24. The van der Waals surface area contributed by atoms with Gasteiger partial charge < -0.3 is 14.5 Å². The summed E-state index contributed by atoms with van der Waals surface area (Å²) >= 11 is 0. The number of carbonyl (C=O) groups excluding carboxylic acids is 1. The lowest BCUT2D eigenvalue weighted by molar-refractivity contribution is -0.138. The van der Waals surface area contributed by atoms with Crippen LogP contribution in [0.4, 0.5) is 17.8 Å². The van der Waals surface area contributed by atoms with E-state index in [0.29, 0.717) is 11.9 Å². The molecule has 1 heterocycles. The molecule has 0 aliphatic carbocycles. The molecule has 1 rings (SSSR count). The lowest BCUT2D eigenvalue weighted by Crippen LogP contribution is -2.31. The van der Waals surface area contributed by atoms with Gasteiger partial charge in [0.1, 0.15) is 6.54 Å². The third-order valence-corrected chi connectivity index (χ3v) is 2.92. The maximum Gasteiger partial charge on any atom is 0.326 e. The van der Waals surface area contributed by atoms with Gasteiger partial charge in [-0.25, -0.2) is 4.90 Å². The number of rotatable bonds is 7. The highest BCUT2D eigenvalue weighted by Gasteiger charge is 2.19. The van der Waals surface area contributed by atoms with Crippen LogP contribution in [0.3, 0.4) is 0 Å². The molecule has 0 spiro atoms. The van der Waals surface area contributed by atoms with Crippen LogP contribution < -0.4 is 14.7 Å². The molecule has 0 aromatic carbocycles. The first kappa shape index (κ1) is 17.4. The first-order valence-corrected chi connectivity index (χ1v) is 6.89. The number of esters is 1. The van der Waals surface area contributed by atoms with Gasteiger partial charge >= 0.3 is 5.97 Å². The molecule has 0 saturated carbocycles. The number of methoxy groups -OCH3 is 1. The molecule has 1 aromatic heterocycles. The Bertz CT molecular complexity index is 552. The predicted octanol–water partition coefficient (Wildman–Crippen LogP) is 0.244. The van der Waals surface area contributed by atoms with Gasteiger partial charge in [0.05, 0.1) is 7.11 Å². The van der Waals surface area contributed by atoms with Gasteiger partial charge in [0.2, 0.25) is 17.8 Å². The highest BCUT2D eigenvalue weighted by atomic mass is 16.5. The fourth-order valence-corrected chi connectivity index (χ4v) is 1.66. The van der Waals surface area contributed by atoms with Crippen LogP contribution in [-0.4, -0.2) is 61.8 Å². The molecule has 0 radical (unpaired) electrons. The smallest absolute Gasteiger partial charge is 0.326 e. The van der Waals surface area contributed by atoms with Gasteiger partial charge in [0.15, 0.2) is 6.19 Å². The van der Waals surface area contributed by atoms with Crippen LogP contribution in [0.15, 0.2) is 0 Å². The van der Waals surface area contributed by atoms with E-state index in [-0.39, 0.29) is 12.5 Å². The average molecular weight is 307 g/mol. The van der Waals surface area contributed by atoms with Gasteiger partial charge in [-0.15, -0.1) is 0 Å². The Labute approximate surface area is 130 Å². The minimum absolute atomic E-state index is 0.119. The first-order valence-electron chi connectivity index (χ1n) is 6.89. The summed E-state index contributed by atoms with van der Waals surface area (Å²) in [5.41, 5.74) is 0. The van der Waals surface area contributed by atoms with Crippen LogP contribution >= 0.6 is 0 Å². The summed E-state index contributed by atoms with van der Waals surface area (Å²) in [7, 11) is 4.85. The maximum absolute atomic E-state index is 11.4. The molecule has 0 fully saturated rings. The van der Waals surface area contributed by atoms with E-state index in [1.54, 1.807) is 19.0 Å². The van der Waals surface area contributed by atoms with Crippen LogP contribution in [0.25, 0.3) is 0 Å². The number of nitrogens with zero attached hydrogens (tertiary/aromatic N) is 7. The Morgan fingerprint density at radius 1 is 1.14 bits per heavy atom. The van der Waals surface area contributed by atoms with Crippen molar-refractivity contribution in [2.45, 2.75) is 13.8 Å².